The van der Waals surface area contributed by atoms with E-state index >= 15 is 0 Å². The molecule has 1 aliphatic rings. The Hall–Kier alpha value is 0.430. The van der Waals surface area contributed by atoms with Gasteiger partial charge in [-0.2, -0.15) is 0 Å². The number of hydrogen-bond acceptors (Lipinski definition) is 2. The number of alkyl halides is 1. The molecule has 0 radical (unpaired) electrons. The quantitative estimate of drug-likeness (QED) is 0.834. The van der Waals surface area contributed by atoms with Crippen molar-refractivity contribution in [1.29, 1.82) is 0 Å². The molecule has 0 aromatic heterocycles. The molecule has 5 heteroatoms. The minimum Gasteiger partial charge on any atom is -0.310 e. The van der Waals surface area contributed by atoms with Crippen molar-refractivity contribution in [2.75, 3.05) is 27.2 Å². The van der Waals surface area contributed by atoms with Gasteiger partial charge in [0.1, 0.15) is 6.17 Å². The molecule has 1 aliphatic carbocycles. The maximum absolute atomic E-state index is 13.8. The SMILES string of the molecule is CN(C)CC(C)(C)CNC1C(F)CCC1(C)C.Cl.Cl. The van der Waals surface area contributed by atoms with Crippen LogP contribution in [0.15, 0.2) is 0 Å². The van der Waals surface area contributed by atoms with Gasteiger partial charge in [0.15, 0.2) is 0 Å². The third kappa shape index (κ3) is 6.61. The fourth-order valence-electron chi connectivity index (χ4n) is 3.02. The van der Waals surface area contributed by atoms with E-state index in [9.17, 15) is 4.39 Å². The molecule has 1 saturated carbocycles. The zero-order valence-electron chi connectivity index (χ0n) is 13.1. The molecule has 0 amide bonds. The van der Waals surface area contributed by atoms with E-state index in [1.54, 1.807) is 0 Å². The molecular weight excluding hydrogens is 286 g/mol. The fourth-order valence-corrected chi connectivity index (χ4v) is 3.02. The highest BCUT2D eigenvalue weighted by atomic mass is 35.5. The summed E-state index contributed by atoms with van der Waals surface area (Å²) in [6, 6.07) is 0.0175. The largest absolute Gasteiger partial charge is 0.310 e. The maximum atomic E-state index is 13.8. The molecule has 2 nitrogen and oxygen atoms in total. The zero-order chi connectivity index (χ0) is 13.3. The van der Waals surface area contributed by atoms with Crippen molar-refractivity contribution in [3.8, 4) is 0 Å². The number of halogens is 3. The summed E-state index contributed by atoms with van der Waals surface area (Å²) >= 11 is 0. The summed E-state index contributed by atoms with van der Waals surface area (Å²) in [5.74, 6) is 0. The van der Waals surface area contributed by atoms with Crippen LogP contribution in [0, 0.1) is 10.8 Å². The Morgan fingerprint density at radius 1 is 1.26 bits per heavy atom. The molecule has 0 aliphatic heterocycles. The molecule has 0 heterocycles. The minimum absolute atomic E-state index is 0. The summed E-state index contributed by atoms with van der Waals surface area (Å²) in [7, 11) is 4.17. The summed E-state index contributed by atoms with van der Waals surface area (Å²) in [5.41, 5.74) is 0.273. The first-order valence-corrected chi connectivity index (χ1v) is 6.66. The second-order valence-corrected chi connectivity index (χ2v) is 7.30. The van der Waals surface area contributed by atoms with Gasteiger partial charge in [0.25, 0.3) is 0 Å². The molecule has 1 fully saturated rings. The second-order valence-electron chi connectivity index (χ2n) is 7.30. The van der Waals surface area contributed by atoms with Crippen molar-refractivity contribution >= 4 is 24.8 Å². The van der Waals surface area contributed by atoms with Crippen molar-refractivity contribution in [2.24, 2.45) is 10.8 Å². The Bertz CT molecular complexity index is 258. The van der Waals surface area contributed by atoms with Gasteiger partial charge in [-0.15, -0.1) is 24.8 Å². The van der Waals surface area contributed by atoms with Gasteiger partial charge >= 0.3 is 0 Å². The molecule has 2 atom stereocenters. The Balaban J connectivity index is 0. The van der Waals surface area contributed by atoms with Gasteiger partial charge in [0, 0.05) is 19.1 Å². The van der Waals surface area contributed by atoms with E-state index in [4.69, 9.17) is 0 Å². The van der Waals surface area contributed by atoms with Crippen molar-refractivity contribution in [1.82, 2.24) is 10.2 Å². The predicted octanol–water partition coefficient (Wildman–Crippen LogP) is 3.53. The van der Waals surface area contributed by atoms with E-state index in [1.165, 1.54) is 0 Å². The van der Waals surface area contributed by atoms with Crippen LogP contribution in [0.1, 0.15) is 40.5 Å². The van der Waals surface area contributed by atoms with Crippen molar-refractivity contribution in [3.63, 3.8) is 0 Å². The van der Waals surface area contributed by atoms with E-state index in [-0.39, 0.29) is 41.7 Å². The summed E-state index contributed by atoms with van der Waals surface area (Å²) in [6.07, 6.45) is 1.01. The molecule has 1 rings (SSSR count). The Morgan fingerprint density at radius 3 is 2.16 bits per heavy atom. The standard InChI is InChI=1S/C14H29FN2.2ClH/c1-13(2,10-17(5)6)9-16-12-11(15)7-8-14(12,3)4;;/h11-12,16H,7-10H2,1-6H3;2*1H. The molecule has 2 unspecified atom stereocenters. The van der Waals surface area contributed by atoms with Gasteiger partial charge in [-0.05, 0) is 37.8 Å². The topological polar surface area (TPSA) is 15.3 Å². The third-order valence-electron chi connectivity index (χ3n) is 3.81. The summed E-state index contributed by atoms with van der Waals surface area (Å²) in [6.45, 7) is 10.7. The number of nitrogens with one attached hydrogen (secondary N) is 1. The molecule has 0 bridgehead atoms. The Labute approximate surface area is 130 Å². The van der Waals surface area contributed by atoms with Crippen LogP contribution in [-0.2, 0) is 0 Å². The average Bonchev–Trinajstić information content (AvgIpc) is 2.36. The lowest BCUT2D eigenvalue weighted by Crippen LogP contribution is -2.48. The van der Waals surface area contributed by atoms with E-state index in [1.807, 2.05) is 0 Å². The van der Waals surface area contributed by atoms with Crippen LogP contribution in [0.5, 0.6) is 0 Å². The minimum atomic E-state index is -0.680. The lowest BCUT2D eigenvalue weighted by molar-refractivity contribution is 0.166. The van der Waals surface area contributed by atoms with Gasteiger partial charge < -0.3 is 10.2 Å². The molecule has 19 heavy (non-hydrogen) atoms. The molecule has 0 spiro atoms. The van der Waals surface area contributed by atoms with Crippen molar-refractivity contribution in [3.05, 3.63) is 0 Å². The lowest BCUT2D eigenvalue weighted by Gasteiger charge is -2.34. The van der Waals surface area contributed by atoms with Crippen molar-refractivity contribution < 1.29 is 4.39 Å². The lowest BCUT2D eigenvalue weighted by atomic mass is 9.85. The van der Waals surface area contributed by atoms with Crippen LogP contribution in [0.4, 0.5) is 4.39 Å². The van der Waals surface area contributed by atoms with Crippen LogP contribution in [0.2, 0.25) is 0 Å². The van der Waals surface area contributed by atoms with Crippen LogP contribution in [-0.4, -0.2) is 44.3 Å². The smallest absolute Gasteiger partial charge is 0.116 e. The van der Waals surface area contributed by atoms with Crippen LogP contribution >= 0.6 is 24.8 Å². The normalized spacial score (nSPS) is 25.9. The zero-order valence-corrected chi connectivity index (χ0v) is 14.8. The highest BCUT2D eigenvalue weighted by Crippen LogP contribution is 2.39. The first-order chi connectivity index (χ1) is 7.64. The first-order valence-electron chi connectivity index (χ1n) is 6.66. The van der Waals surface area contributed by atoms with Crippen molar-refractivity contribution in [2.45, 2.75) is 52.8 Å². The number of nitrogens with zero attached hydrogens (tertiary/aromatic N) is 1. The van der Waals surface area contributed by atoms with Crippen LogP contribution in [0.25, 0.3) is 0 Å². The third-order valence-corrected chi connectivity index (χ3v) is 3.81. The fraction of sp³-hybridized carbons (Fsp3) is 1.00. The molecule has 0 aromatic rings. The van der Waals surface area contributed by atoms with Crippen LogP contribution < -0.4 is 5.32 Å². The monoisotopic (exact) mass is 316 g/mol. The summed E-state index contributed by atoms with van der Waals surface area (Å²) in [5, 5.41) is 3.47. The van der Waals surface area contributed by atoms with E-state index in [0.717, 1.165) is 19.5 Å². The highest BCUT2D eigenvalue weighted by Gasteiger charge is 2.42. The summed E-state index contributed by atoms with van der Waals surface area (Å²) < 4.78 is 13.8. The molecular formula is C14H31Cl2FN2. The van der Waals surface area contributed by atoms with Gasteiger partial charge in [-0.3, -0.25) is 0 Å². The van der Waals surface area contributed by atoms with Gasteiger partial charge in [0.2, 0.25) is 0 Å². The summed E-state index contributed by atoms with van der Waals surface area (Å²) in [4.78, 5) is 2.19. The number of hydrogen-bond donors (Lipinski definition) is 1. The number of rotatable bonds is 5. The van der Waals surface area contributed by atoms with E-state index in [0.29, 0.717) is 6.42 Å². The van der Waals surface area contributed by atoms with Gasteiger partial charge in [-0.25, -0.2) is 4.39 Å². The van der Waals surface area contributed by atoms with Crippen LogP contribution in [0.3, 0.4) is 0 Å². The molecule has 118 valence electrons. The Kier molecular flexibility index (Phi) is 9.16. The second kappa shape index (κ2) is 8.02. The first kappa shape index (κ1) is 21.7. The average molecular weight is 317 g/mol. The van der Waals surface area contributed by atoms with E-state index < -0.39 is 6.17 Å². The van der Waals surface area contributed by atoms with Gasteiger partial charge in [0.05, 0.1) is 0 Å². The molecule has 0 saturated heterocycles. The Morgan fingerprint density at radius 2 is 1.79 bits per heavy atom. The highest BCUT2D eigenvalue weighted by molar-refractivity contribution is 5.85. The maximum Gasteiger partial charge on any atom is 0.116 e. The molecule has 0 aromatic carbocycles. The van der Waals surface area contributed by atoms with E-state index in [2.05, 4.69) is 52.0 Å². The molecule has 1 N–H and O–H groups in total. The van der Waals surface area contributed by atoms with Gasteiger partial charge in [-0.1, -0.05) is 27.7 Å². The predicted molar refractivity (Wildman–Crippen MR) is 86.5 cm³/mol.